The van der Waals surface area contributed by atoms with Crippen LogP contribution in [0, 0.1) is 11.3 Å². The van der Waals surface area contributed by atoms with Gasteiger partial charge in [-0.2, -0.15) is 0 Å². The van der Waals surface area contributed by atoms with Gasteiger partial charge >= 0.3 is 0 Å². The van der Waals surface area contributed by atoms with E-state index in [1.54, 1.807) is 7.11 Å². The Kier molecular flexibility index (Phi) is 6.06. The molecular formula is C16H32N4O2. The van der Waals surface area contributed by atoms with Crippen LogP contribution in [0.2, 0.25) is 0 Å². The molecule has 2 N–H and O–H groups in total. The smallest absolute Gasteiger partial charge is 0.191 e. The van der Waals surface area contributed by atoms with Gasteiger partial charge in [0, 0.05) is 57.7 Å². The van der Waals surface area contributed by atoms with Crippen molar-refractivity contribution in [3.8, 4) is 0 Å². The molecule has 128 valence electrons. The number of nitrogens with one attached hydrogen (secondary N) is 2. The summed E-state index contributed by atoms with van der Waals surface area (Å²) < 4.78 is 11.0. The number of hydrogen-bond donors (Lipinski definition) is 2. The van der Waals surface area contributed by atoms with Crippen molar-refractivity contribution < 1.29 is 9.47 Å². The molecule has 6 nitrogen and oxygen atoms in total. The molecule has 3 atom stereocenters. The summed E-state index contributed by atoms with van der Waals surface area (Å²) in [5.74, 6) is 1.37. The van der Waals surface area contributed by atoms with Gasteiger partial charge in [-0.25, -0.2) is 0 Å². The molecule has 2 rings (SSSR count). The second kappa shape index (κ2) is 7.62. The van der Waals surface area contributed by atoms with Crippen LogP contribution in [-0.4, -0.2) is 76.6 Å². The third-order valence-electron chi connectivity index (χ3n) is 5.13. The lowest BCUT2D eigenvalue weighted by atomic mass is 9.58. The average molecular weight is 312 g/mol. The summed E-state index contributed by atoms with van der Waals surface area (Å²) >= 11 is 0. The summed E-state index contributed by atoms with van der Waals surface area (Å²) in [5, 5.41) is 6.98. The molecule has 0 aromatic heterocycles. The molecule has 6 heteroatoms. The van der Waals surface area contributed by atoms with Crippen LogP contribution in [-0.2, 0) is 9.47 Å². The molecule has 0 bridgehead atoms. The van der Waals surface area contributed by atoms with E-state index in [1.165, 1.54) is 0 Å². The molecule has 1 aliphatic heterocycles. The maximum absolute atomic E-state index is 5.60. The highest BCUT2D eigenvalue weighted by molar-refractivity contribution is 5.80. The molecule has 0 aromatic carbocycles. The summed E-state index contributed by atoms with van der Waals surface area (Å²) in [4.78, 5) is 6.77. The first-order valence-corrected chi connectivity index (χ1v) is 8.30. The van der Waals surface area contributed by atoms with Crippen molar-refractivity contribution in [2.24, 2.45) is 16.3 Å². The normalized spacial score (nSPS) is 32.4. The number of rotatable bonds is 5. The quantitative estimate of drug-likeness (QED) is 0.573. The molecule has 1 aliphatic carbocycles. The van der Waals surface area contributed by atoms with Crippen LogP contribution in [0.3, 0.4) is 0 Å². The Morgan fingerprint density at radius 1 is 1.36 bits per heavy atom. The van der Waals surface area contributed by atoms with E-state index in [9.17, 15) is 0 Å². The molecule has 1 saturated heterocycles. The summed E-state index contributed by atoms with van der Waals surface area (Å²) in [7, 11) is 3.63. The van der Waals surface area contributed by atoms with E-state index < -0.39 is 0 Å². The molecule has 1 saturated carbocycles. The Balaban J connectivity index is 1.75. The molecule has 3 unspecified atom stereocenters. The topological polar surface area (TPSA) is 58.1 Å². The van der Waals surface area contributed by atoms with Crippen molar-refractivity contribution in [2.45, 2.75) is 32.9 Å². The summed E-state index contributed by atoms with van der Waals surface area (Å²) in [6.45, 7) is 12.4. The van der Waals surface area contributed by atoms with Crippen LogP contribution in [0.5, 0.6) is 0 Å². The zero-order chi connectivity index (χ0) is 16.2. The first-order chi connectivity index (χ1) is 10.5. The summed E-state index contributed by atoms with van der Waals surface area (Å²) in [5.41, 5.74) is 0.121. The maximum Gasteiger partial charge on any atom is 0.191 e. The van der Waals surface area contributed by atoms with E-state index in [1.807, 2.05) is 7.05 Å². The van der Waals surface area contributed by atoms with Gasteiger partial charge in [-0.3, -0.25) is 9.89 Å². The highest BCUT2D eigenvalue weighted by atomic mass is 16.5. The van der Waals surface area contributed by atoms with Gasteiger partial charge in [0.05, 0.1) is 19.3 Å². The fourth-order valence-corrected chi connectivity index (χ4v) is 3.92. The molecule has 0 spiro atoms. The first-order valence-electron chi connectivity index (χ1n) is 8.30. The van der Waals surface area contributed by atoms with Crippen molar-refractivity contribution in [3.05, 3.63) is 0 Å². The van der Waals surface area contributed by atoms with Gasteiger partial charge in [-0.15, -0.1) is 0 Å². The number of hydrogen-bond acceptors (Lipinski definition) is 4. The van der Waals surface area contributed by atoms with Crippen LogP contribution in [0.4, 0.5) is 0 Å². The van der Waals surface area contributed by atoms with E-state index in [2.05, 4.69) is 41.3 Å². The average Bonchev–Trinajstić information content (AvgIpc) is 2.51. The Morgan fingerprint density at radius 3 is 2.59 bits per heavy atom. The Morgan fingerprint density at radius 2 is 2.05 bits per heavy atom. The van der Waals surface area contributed by atoms with E-state index in [4.69, 9.17) is 9.47 Å². The second-order valence-electron chi connectivity index (χ2n) is 6.91. The van der Waals surface area contributed by atoms with Crippen molar-refractivity contribution in [2.75, 3.05) is 53.6 Å². The third-order valence-corrected chi connectivity index (χ3v) is 5.13. The monoisotopic (exact) mass is 312 g/mol. The van der Waals surface area contributed by atoms with Crippen molar-refractivity contribution in [3.63, 3.8) is 0 Å². The lowest BCUT2D eigenvalue weighted by Crippen LogP contribution is -2.69. The van der Waals surface area contributed by atoms with Gasteiger partial charge in [-0.05, 0) is 0 Å². The molecule has 2 aliphatic rings. The molecule has 0 amide bonds. The number of methoxy groups -OCH3 is 1. The van der Waals surface area contributed by atoms with Crippen LogP contribution in [0.25, 0.3) is 0 Å². The minimum absolute atomic E-state index is 0.121. The number of nitrogens with zero attached hydrogens (tertiary/aromatic N) is 2. The largest absolute Gasteiger partial charge is 0.380 e. The zero-order valence-electron chi connectivity index (χ0n) is 14.7. The SMILES string of the molecule is CN=C(NCCN1CCOCC1)NC1C(C)C(OC)C1(C)C. The van der Waals surface area contributed by atoms with Crippen molar-refractivity contribution in [1.29, 1.82) is 0 Å². The Hall–Kier alpha value is -0.850. The minimum Gasteiger partial charge on any atom is -0.380 e. The van der Waals surface area contributed by atoms with E-state index in [-0.39, 0.29) is 5.41 Å². The summed E-state index contributed by atoms with van der Waals surface area (Å²) in [6, 6.07) is 0.382. The van der Waals surface area contributed by atoms with Crippen molar-refractivity contribution in [1.82, 2.24) is 15.5 Å². The van der Waals surface area contributed by atoms with Crippen LogP contribution in [0.1, 0.15) is 20.8 Å². The van der Waals surface area contributed by atoms with Crippen LogP contribution < -0.4 is 10.6 Å². The molecule has 22 heavy (non-hydrogen) atoms. The number of aliphatic imine (C=N–C) groups is 1. The predicted molar refractivity (Wildman–Crippen MR) is 89.3 cm³/mol. The molecular weight excluding hydrogens is 280 g/mol. The van der Waals surface area contributed by atoms with Crippen LogP contribution >= 0.6 is 0 Å². The standard InChI is InChI=1S/C16H32N4O2/c1-12-13(16(2,3)14(12)21-5)19-15(17-4)18-6-7-20-8-10-22-11-9-20/h12-14H,6-11H2,1-5H3,(H2,17,18,19). The number of guanidine groups is 1. The minimum atomic E-state index is 0.121. The van der Waals surface area contributed by atoms with Gasteiger partial charge in [0.15, 0.2) is 5.96 Å². The molecule has 2 fully saturated rings. The third kappa shape index (κ3) is 3.73. The Bertz CT molecular complexity index is 380. The summed E-state index contributed by atoms with van der Waals surface area (Å²) in [6.07, 6.45) is 0.302. The van der Waals surface area contributed by atoms with Gasteiger partial charge in [0.1, 0.15) is 0 Å². The highest BCUT2D eigenvalue weighted by Crippen LogP contribution is 2.46. The molecule has 0 aromatic rings. The van der Waals surface area contributed by atoms with Gasteiger partial charge in [-0.1, -0.05) is 20.8 Å². The molecule has 0 radical (unpaired) electrons. The second-order valence-corrected chi connectivity index (χ2v) is 6.91. The van der Waals surface area contributed by atoms with Crippen LogP contribution in [0.15, 0.2) is 4.99 Å². The predicted octanol–water partition coefficient (Wildman–Crippen LogP) is 0.543. The first kappa shape index (κ1) is 17.5. The van der Waals surface area contributed by atoms with E-state index in [0.29, 0.717) is 18.1 Å². The fraction of sp³-hybridized carbons (Fsp3) is 0.938. The van der Waals surface area contributed by atoms with E-state index >= 15 is 0 Å². The highest BCUT2D eigenvalue weighted by Gasteiger charge is 2.54. The Labute approximate surface area is 134 Å². The van der Waals surface area contributed by atoms with Crippen molar-refractivity contribution >= 4 is 5.96 Å². The molecule has 1 heterocycles. The maximum atomic E-state index is 5.60. The number of ether oxygens (including phenoxy) is 2. The lowest BCUT2D eigenvalue weighted by molar-refractivity contribution is -0.139. The van der Waals surface area contributed by atoms with Gasteiger partial charge in [0.2, 0.25) is 0 Å². The van der Waals surface area contributed by atoms with E-state index in [0.717, 1.165) is 45.4 Å². The van der Waals surface area contributed by atoms with Gasteiger partial charge in [0.25, 0.3) is 0 Å². The van der Waals surface area contributed by atoms with Gasteiger partial charge < -0.3 is 20.1 Å². The number of morpholine rings is 1. The lowest BCUT2D eigenvalue weighted by Gasteiger charge is -2.56. The zero-order valence-corrected chi connectivity index (χ0v) is 14.7. The fourth-order valence-electron chi connectivity index (χ4n) is 3.92.